The maximum absolute atomic E-state index is 11.7. The average Bonchev–Trinajstić information content (AvgIpc) is 2.45. The standard InChI is InChI=1S/C14H18N2O5/c1-20-9-12(17)16-11(14(15)19)7-13(18)21-8-10-5-3-2-4-6-10/h2-6,11H,7-9H2,1H3,(H2,15,19)(H,16,17)/t11-/m0/s1. The molecule has 1 aromatic carbocycles. The van der Waals surface area contributed by atoms with Crippen LogP contribution in [0.5, 0.6) is 0 Å². The second-order valence-electron chi connectivity index (χ2n) is 4.31. The summed E-state index contributed by atoms with van der Waals surface area (Å²) in [5, 5.41) is 2.31. The fourth-order valence-electron chi connectivity index (χ4n) is 1.55. The van der Waals surface area contributed by atoms with Gasteiger partial charge in [-0.3, -0.25) is 14.4 Å². The molecular weight excluding hydrogens is 276 g/mol. The number of rotatable bonds is 8. The Bertz CT molecular complexity index is 489. The fraction of sp³-hybridized carbons (Fsp3) is 0.357. The Hall–Kier alpha value is -2.41. The van der Waals surface area contributed by atoms with Crippen molar-refractivity contribution in [3.63, 3.8) is 0 Å². The van der Waals surface area contributed by atoms with Gasteiger partial charge in [0, 0.05) is 7.11 Å². The lowest BCUT2D eigenvalue weighted by atomic mass is 10.2. The molecule has 0 aliphatic rings. The second kappa shape index (κ2) is 8.70. The Labute approximate surface area is 122 Å². The molecule has 114 valence electrons. The van der Waals surface area contributed by atoms with Crippen LogP contribution in [0.4, 0.5) is 0 Å². The lowest BCUT2D eigenvalue weighted by molar-refractivity contribution is -0.147. The Morgan fingerprint density at radius 1 is 1.24 bits per heavy atom. The van der Waals surface area contributed by atoms with Crippen LogP contribution in [0.3, 0.4) is 0 Å². The second-order valence-corrected chi connectivity index (χ2v) is 4.31. The lowest BCUT2D eigenvalue weighted by Gasteiger charge is -2.14. The highest BCUT2D eigenvalue weighted by atomic mass is 16.5. The van der Waals surface area contributed by atoms with Gasteiger partial charge in [-0.1, -0.05) is 30.3 Å². The number of hydrogen-bond acceptors (Lipinski definition) is 5. The number of methoxy groups -OCH3 is 1. The minimum atomic E-state index is -1.11. The van der Waals surface area contributed by atoms with E-state index in [1.165, 1.54) is 7.11 Å². The first-order valence-corrected chi connectivity index (χ1v) is 6.30. The Morgan fingerprint density at radius 2 is 1.90 bits per heavy atom. The van der Waals surface area contributed by atoms with Gasteiger partial charge in [0.05, 0.1) is 6.42 Å². The van der Waals surface area contributed by atoms with Crippen molar-refractivity contribution in [2.24, 2.45) is 5.73 Å². The average molecular weight is 294 g/mol. The van der Waals surface area contributed by atoms with Crippen LogP contribution in [0.2, 0.25) is 0 Å². The van der Waals surface area contributed by atoms with Crippen LogP contribution in [0.25, 0.3) is 0 Å². The molecule has 0 bridgehead atoms. The number of esters is 1. The summed E-state index contributed by atoms with van der Waals surface area (Å²) in [6.45, 7) is -0.125. The van der Waals surface area contributed by atoms with E-state index in [1.54, 1.807) is 12.1 Å². The quantitative estimate of drug-likeness (QED) is 0.642. The van der Waals surface area contributed by atoms with E-state index in [0.717, 1.165) is 5.56 Å². The number of carbonyl (C=O) groups is 3. The minimum absolute atomic E-state index is 0.0944. The van der Waals surface area contributed by atoms with Gasteiger partial charge in [-0.15, -0.1) is 0 Å². The van der Waals surface area contributed by atoms with Crippen molar-refractivity contribution in [2.75, 3.05) is 13.7 Å². The number of amides is 2. The van der Waals surface area contributed by atoms with E-state index in [4.69, 9.17) is 10.5 Å². The number of ether oxygens (including phenoxy) is 2. The number of primary amides is 1. The molecule has 0 saturated carbocycles. The number of carbonyl (C=O) groups excluding carboxylic acids is 3. The zero-order valence-electron chi connectivity index (χ0n) is 11.7. The van der Waals surface area contributed by atoms with Crippen LogP contribution in [-0.2, 0) is 30.5 Å². The van der Waals surface area contributed by atoms with Crippen LogP contribution in [0, 0.1) is 0 Å². The van der Waals surface area contributed by atoms with Crippen LogP contribution in [-0.4, -0.2) is 37.5 Å². The summed E-state index contributed by atoms with van der Waals surface area (Å²) in [4.78, 5) is 34.2. The molecule has 0 radical (unpaired) electrons. The van der Waals surface area contributed by atoms with Crippen molar-refractivity contribution in [1.82, 2.24) is 5.32 Å². The van der Waals surface area contributed by atoms with Gasteiger partial charge < -0.3 is 20.5 Å². The summed E-state index contributed by atoms with van der Waals surface area (Å²) in [5.74, 6) is -1.96. The molecule has 0 saturated heterocycles. The lowest BCUT2D eigenvalue weighted by Crippen LogP contribution is -2.47. The van der Waals surface area contributed by atoms with Gasteiger partial charge >= 0.3 is 5.97 Å². The molecule has 0 aliphatic heterocycles. The third-order valence-electron chi connectivity index (χ3n) is 2.57. The largest absolute Gasteiger partial charge is 0.461 e. The number of benzene rings is 1. The summed E-state index contributed by atoms with van der Waals surface area (Å²) >= 11 is 0. The highest BCUT2D eigenvalue weighted by Gasteiger charge is 2.22. The first-order chi connectivity index (χ1) is 10.0. The number of nitrogens with one attached hydrogen (secondary N) is 1. The Morgan fingerprint density at radius 3 is 2.48 bits per heavy atom. The molecule has 0 fully saturated rings. The third kappa shape index (κ3) is 6.53. The highest BCUT2D eigenvalue weighted by molar-refractivity contribution is 5.90. The third-order valence-corrected chi connectivity index (χ3v) is 2.57. The molecule has 0 spiro atoms. The van der Waals surface area contributed by atoms with Gasteiger partial charge in [0.1, 0.15) is 19.3 Å². The maximum Gasteiger partial charge on any atom is 0.308 e. The normalized spacial score (nSPS) is 11.5. The van der Waals surface area contributed by atoms with Crippen molar-refractivity contribution < 1.29 is 23.9 Å². The number of hydrogen-bond donors (Lipinski definition) is 2. The van der Waals surface area contributed by atoms with Crippen molar-refractivity contribution in [3.8, 4) is 0 Å². The van der Waals surface area contributed by atoms with Crippen LogP contribution >= 0.6 is 0 Å². The topological polar surface area (TPSA) is 108 Å². The van der Waals surface area contributed by atoms with E-state index in [1.807, 2.05) is 18.2 Å². The SMILES string of the molecule is COCC(=O)N[C@@H](CC(=O)OCc1ccccc1)C(N)=O. The monoisotopic (exact) mass is 294 g/mol. The van der Waals surface area contributed by atoms with E-state index in [9.17, 15) is 14.4 Å². The summed E-state index contributed by atoms with van der Waals surface area (Å²) in [7, 11) is 1.34. The Balaban J connectivity index is 2.45. The molecule has 0 aromatic heterocycles. The van der Waals surface area contributed by atoms with E-state index >= 15 is 0 Å². The Kier molecular flexibility index (Phi) is 6.90. The molecule has 1 aromatic rings. The van der Waals surface area contributed by atoms with Gasteiger partial charge in [-0.25, -0.2) is 0 Å². The molecular formula is C14H18N2O5. The molecule has 3 N–H and O–H groups in total. The molecule has 1 atom stereocenters. The molecule has 7 nitrogen and oxygen atoms in total. The van der Waals surface area contributed by atoms with Crippen LogP contribution in [0.15, 0.2) is 30.3 Å². The molecule has 0 heterocycles. The number of nitrogens with two attached hydrogens (primary N) is 1. The summed E-state index contributed by atoms with van der Waals surface area (Å²) in [6, 6.07) is 7.98. The fourth-order valence-corrected chi connectivity index (χ4v) is 1.55. The maximum atomic E-state index is 11.7. The van der Waals surface area contributed by atoms with Gasteiger partial charge in [0.15, 0.2) is 0 Å². The van der Waals surface area contributed by atoms with Gasteiger partial charge in [0.2, 0.25) is 11.8 Å². The summed E-state index contributed by atoms with van der Waals surface area (Å²) in [6.07, 6.45) is -0.322. The molecule has 21 heavy (non-hydrogen) atoms. The van der Waals surface area contributed by atoms with E-state index in [-0.39, 0.29) is 19.6 Å². The summed E-state index contributed by atoms with van der Waals surface area (Å²) < 4.78 is 9.64. The van der Waals surface area contributed by atoms with Crippen molar-refractivity contribution >= 4 is 17.8 Å². The first kappa shape index (κ1) is 16.6. The van der Waals surface area contributed by atoms with Crippen LogP contribution in [0.1, 0.15) is 12.0 Å². The molecule has 7 heteroatoms. The predicted octanol–water partition coefficient (Wildman–Crippen LogP) is -0.264. The van der Waals surface area contributed by atoms with Gasteiger partial charge in [0.25, 0.3) is 0 Å². The van der Waals surface area contributed by atoms with Crippen molar-refractivity contribution in [1.29, 1.82) is 0 Å². The highest BCUT2D eigenvalue weighted by Crippen LogP contribution is 2.03. The zero-order chi connectivity index (χ0) is 15.7. The van der Waals surface area contributed by atoms with E-state index in [2.05, 4.69) is 10.1 Å². The van der Waals surface area contributed by atoms with Crippen molar-refractivity contribution in [2.45, 2.75) is 19.1 Å². The zero-order valence-corrected chi connectivity index (χ0v) is 11.7. The van der Waals surface area contributed by atoms with Crippen LogP contribution < -0.4 is 11.1 Å². The summed E-state index contributed by atoms with van der Waals surface area (Å²) in [5.41, 5.74) is 5.96. The van der Waals surface area contributed by atoms with E-state index < -0.39 is 23.8 Å². The molecule has 0 unspecified atom stereocenters. The minimum Gasteiger partial charge on any atom is -0.461 e. The van der Waals surface area contributed by atoms with Crippen molar-refractivity contribution in [3.05, 3.63) is 35.9 Å². The van der Waals surface area contributed by atoms with Gasteiger partial charge in [-0.2, -0.15) is 0 Å². The smallest absolute Gasteiger partial charge is 0.308 e. The first-order valence-electron chi connectivity index (χ1n) is 6.30. The molecule has 1 rings (SSSR count). The molecule has 2 amide bonds. The van der Waals surface area contributed by atoms with E-state index in [0.29, 0.717) is 0 Å². The predicted molar refractivity (Wildman–Crippen MR) is 73.9 cm³/mol. The van der Waals surface area contributed by atoms with Gasteiger partial charge in [-0.05, 0) is 5.56 Å². The molecule has 0 aliphatic carbocycles.